The van der Waals surface area contributed by atoms with Gasteiger partial charge < -0.3 is 15.6 Å². The van der Waals surface area contributed by atoms with Crippen LogP contribution < -0.4 is 5.73 Å². The van der Waals surface area contributed by atoms with Gasteiger partial charge in [-0.15, -0.1) is 0 Å². The summed E-state index contributed by atoms with van der Waals surface area (Å²) in [6.07, 6.45) is 3.96. The summed E-state index contributed by atoms with van der Waals surface area (Å²) < 4.78 is 4.90. The van der Waals surface area contributed by atoms with Gasteiger partial charge in [-0.1, -0.05) is 19.8 Å². The Morgan fingerprint density at radius 1 is 1.31 bits per heavy atom. The number of carboxylic acids is 1. The molecule has 0 bridgehead atoms. The molecule has 16 heavy (non-hydrogen) atoms. The van der Waals surface area contributed by atoms with Gasteiger partial charge in [0.1, 0.15) is 6.04 Å². The van der Waals surface area contributed by atoms with Crippen molar-refractivity contribution in [1.82, 2.24) is 0 Å². The van der Waals surface area contributed by atoms with E-state index < -0.39 is 12.0 Å². The zero-order valence-corrected chi connectivity index (χ0v) is 9.78. The van der Waals surface area contributed by atoms with Gasteiger partial charge in [-0.05, 0) is 19.3 Å². The molecule has 3 N–H and O–H groups in total. The van der Waals surface area contributed by atoms with Crippen molar-refractivity contribution in [3.63, 3.8) is 0 Å². The fraction of sp³-hybridized carbons (Fsp3) is 0.818. The third kappa shape index (κ3) is 8.23. The second kappa shape index (κ2) is 9.15. The number of aliphatic carboxylic acids is 1. The summed E-state index contributed by atoms with van der Waals surface area (Å²) in [5.74, 6) is -1.15. The van der Waals surface area contributed by atoms with Gasteiger partial charge in [0, 0.05) is 6.42 Å². The van der Waals surface area contributed by atoms with Crippen LogP contribution in [0.1, 0.15) is 45.4 Å². The maximum Gasteiger partial charge on any atom is 0.320 e. The van der Waals surface area contributed by atoms with Gasteiger partial charge in [0.05, 0.1) is 6.61 Å². The molecular weight excluding hydrogens is 210 g/mol. The molecule has 0 heterocycles. The Morgan fingerprint density at radius 3 is 2.56 bits per heavy atom. The third-order valence-electron chi connectivity index (χ3n) is 2.18. The van der Waals surface area contributed by atoms with E-state index in [9.17, 15) is 9.59 Å². The SMILES string of the molecule is CCCOC(=O)CCCCC[C@H](N)C(=O)O. The van der Waals surface area contributed by atoms with Crippen molar-refractivity contribution < 1.29 is 19.4 Å². The monoisotopic (exact) mass is 231 g/mol. The maximum atomic E-state index is 11.1. The summed E-state index contributed by atoms with van der Waals surface area (Å²) in [6.45, 7) is 2.42. The van der Waals surface area contributed by atoms with Crippen LogP contribution >= 0.6 is 0 Å². The molecule has 0 saturated heterocycles. The van der Waals surface area contributed by atoms with Crippen LogP contribution in [0, 0.1) is 0 Å². The summed E-state index contributed by atoms with van der Waals surface area (Å²) in [7, 11) is 0. The van der Waals surface area contributed by atoms with Crippen LogP contribution in [-0.2, 0) is 14.3 Å². The lowest BCUT2D eigenvalue weighted by atomic mass is 10.1. The zero-order valence-electron chi connectivity index (χ0n) is 9.78. The standard InChI is InChI=1S/C11H21NO4/c1-2-8-16-10(13)7-5-3-4-6-9(12)11(14)15/h9H,2-8,12H2,1H3,(H,14,15)/t9-/m0/s1. The first-order chi connectivity index (χ1) is 7.57. The fourth-order valence-electron chi connectivity index (χ4n) is 1.22. The first-order valence-corrected chi connectivity index (χ1v) is 5.72. The highest BCUT2D eigenvalue weighted by Crippen LogP contribution is 2.06. The van der Waals surface area contributed by atoms with Crippen molar-refractivity contribution in [1.29, 1.82) is 0 Å². The van der Waals surface area contributed by atoms with Crippen molar-refractivity contribution in [3.05, 3.63) is 0 Å². The minimum atomic E-state index is -0.970. The van der Waals surface area contributed by atoms with Crippen LogP contribution in [0.2, 0.25) is 0 Å². The van der Waals surface area contributed by atoms with E-state index in [2.05, 4.69) is 0 Å². The van der Waals surface area contributed by atoms with Gasteiger partial charge in [-0.2, -0.15) is 0 Å². The van der Waals surface area contributed by atoms with Gasteiger partial charge in [-0.3, -0.25) is 9.59 Å². The van der Waals surface area contributed by atoms with Gasteiger partial charge in [0.2, 0.25) is 0 Å². The number of carboxylic acid groups (broad SMARTS) is 1. The lowest BCUT2D eigenvalue weighted by Gasteiger charge is -2.05. The molecule has 5 heteroatoms. The highest BCUT2D eigenvalue weighted by molar-refractivity contribution is 5.72. The van der Waals surface area contributed by atoms with Gasteiger partial charge in [-0.25, -0.2) is 0 Å². The number of hydrogen-bond acceptors (Lipinski definition) is 4. The highest BCUT2D eigenvalue weighted by atomic mass is 16.5. The van der Waals surface area contributed by atoms with Crippen LogP contribution in [0.15, 0.2) is 0 Å². The highest BCUT2D eigenvalue weighted by Gasteiger charge is 2.10. The minimum Gasteiger partial charge on any atom is -0.480 e. The average Bonchev–Trinajstić information content (AvgIpc) is 2.25. The summed E-state index contributed by atoms with van der Waals surface area (Å²) in [5.41, 5.74) is 5.33. The molecule has 0 saturated carbocycles. The quantitative estimate of drug-likeness (QED) is 0.461. The average molecular weight is 231 g/mol. The predicted molar refractivity (Wildman–Crippen MR) is 59.9 cm³/mol. The Kier molecular flexibility index (Phi) is 8.52. The molecule has 0 spiro atoms. The zero-order chi connectivity index (χ0) is 12.4. The second-order valence-electron chi connectivity index (χ2n) is 3.76. The van der Waals surface area contributed by atoms with Gasteiger partial charge >= 0.3 is 11.9 Å². The van der Waals surface area contributed by atoms with Crippen LogP contribution in [0.3, 0.4) is 0 Å². The Labute approximate surface area is 96.0 Å². The fourth-order valence-corrected chi connectivity index (χ4v) is 1.22. The van der Waals surface area contributed by atoms with E-state index in [4.69, 9.17) is 15.6 Å². The van der Waals surface area contributed by atoms with E-state index in [1.807, 2.05) is 6.92 Å². The smallest absolute Gasteiger partial charge is 0.320 e. The van der Waals surface area contributed by atoms with Gasteiger partial charge in [0.25, 0.3) is 0 Å². The Balaban J connectivity index is 3.33. The summed E-state index contributed by atoms with van der Waals surface area (Å²) in [6, 6.07) is -0.785. The Bertz CT molecular complexity index is 218. The van der Waals surface area contributed by atoms with Crippen LogP contribution in [0.4, 0.5) is 0 Å². The number of carbonyl (C=O) groups is 2. The van der Waals surface area contributed by atoms with Crippen molar-refractivity contribution >= 4 is 11.9 Å². The molecule has 5 nitrogen and oxygen atoms in total. The molecule has 0 radical (unpaired) electrons. The molecule has 0 aliphatic rings. The largest absolute Gasteiger partial charge is 0.480 e. The molecule has 0 amide bonds. The number of nitrogens with two attached hydrogens (primary N) is 1. The van der Waals surface area contributed by atoms with E-state index in [0.29, 0.717) is 19.4 Å². The van der Waals surface area contributed by atoms with Crippen LogP contribution in [-0.4, -0.2) is 29.7 Å². The number of rotatable bonds is 9. The van der Waals surface area contributed by atoms with Crippen LogP contribution in [0.5, 0.6) is 0 Å². The molecule has 1 atom stereocenters. The van der Waals surface area contributed by atoms with E-state index in [1.54, 1.807) is 0 Å². The Morgan fingerprint density at radius 2 is 2.00 bits per heavy atom. The molecule has 0 unspecified atom stereocenters. The number of esters is 1. The molecule has 94 valence electrons. The number of unbranched alkanes of at least 4 members (excludes halogenated alkanes) is 2. The van der Waals surface area contributed by atoms with E-state index in [0.717, 1.165) is 25.7 Å². The van der Waals surface area contributed by atoms with Gasteiger partial charge in [0.15, 0.2) is 0 Å². The number of carbonyl (C=O) groups excluding carboxylic acids is 1. The summed E-state index contributed by atoms with van der Waals surface area (Å²) in [5, 5.41) is 8.52. The molecule has 0 aromatic rings. The molecule has 0 aromatic carbocycles. The molecule has 0 rings (SSSR count). The lowest BCUT2D eigenvalue weighted by Crippen LogP contribution is -2.29. The van der Waals surface area contributed by atoms with Crippen molar-refractivity contribution in [2.45, 2.75) is 51.5 Å². The Hall–Kier alpha value is -1.10. The van der Waals surface area contributed by atoms with E-state index in [-0.39, 0.29) is 5.97 Å². The van der Waals surface area contributed by atoms with E-state index in [1.165, 1.54) is 0 Å². The topological polar surface area (TPSA) is 89.6 Å². The van der Waals surface area contributed by atoms with Crippen molar-refractivity contribution in [2.75, 3.05) is 6.61 Å². The first-order valence-electron chi connectivity index (χ1n) is 5.72. The third-order valence-corrected chi connectivity index (χ3v) is 2.18. The number of ether oxygens (including phenoxy) is 1. The van der Waals surface area contributed by atoms with Crippen molar-refractivity contribution in [2.24, 2.45) is 5.73 Å². The van der Waals surface area contributed by atoms with E-state index >= 15 is 0 Å². The lowest BCUT2D eigenvalue weighted by molar-refractivity contribution is -0.144. The predicted octanol–water partition coefficient (Wildman–Crippen LogP) is 1.30. The molecular formula is C11H21NO4. The first kappa shape index (κ1) is 14.9. The normalized spacial score (nSPS) is 12.1. The van der Waals surface area contributed by atoms with Crippen LogP contribution in [0.25, 0.3) is 0 Å². The number of hydrogen-bond donors (Lipinski definition) is 2. The molecule has 0 aliphatic carbocycles. The summed E-state index contributed by atoms with van der Waals surface area (Å²) in [4.78, 5) is 21.5. The molecule has 0 aliphatic heterocycles. The second-order valence-corrected chi connectivity index (χ2v) is 3.76. The van der Waals surface area contributed by atoms with Crippen molar-refractivity contribution in [3.8, 4) is 0 Å². The molecule has 0 fully saturated rings. The summed E-state index contributed by atoms with van der Waals surface area (Å²) >= 11 is 0. The molecule has 0 aromatic heterocycles. The maximum absolute atomic E-state index is 11.1. The minimum absolute atomic E-state index is 0.176.